The molecule has 1 aromatic carbocycles. The van der Waals surface area contributed by atoms with Crippen LogP contribution in [0.1, 0.15) is 24.8 Å². The SMILES string of the molecule is O=C(COc1ccc2c(c1)CCC(=O)N2)NC[C@@H]1CCCO1. The molecule has 0 saturated carbocycles. The molecule has 6 nitrogen and oxygen atoms in total. The van der Waals surface area contributed by atoms with Gasteiger partial charge in [0.25, 0.3) is 5.91 Å². The first-order valence-corrected chi connectivity index (χ1v) is 7.64. The zero-order valence-electron chi connectivity index (χ0n) is 12.4. The van der Waals surface area contributed by atoms with Crippen molar-refractivity contribution in [2.45, 2.75) is 31.8 Å². The van der Waals surface area contributed by atoms with Crippen LogP contribution in [0, 0.1) is 0 Å². The van der Waals surface area contributed by atoms with Crippen molar-refractivity contribution >= 4 is 17.5 Å². The van der Waals surface area contributed by atoms with E-state index in [-0.39, 0.29) is 24.5 Å². The minimum absolute atomic E-state index is 0.0160. The van der Waals surface area contributed by atoms with Gasteiger partial charge in [-0.25, -0.2) is 0 Å². The average molecular weight is 304 g/mol. The monoisotopic (exact) mass is 304 g/mol. The van der Waals surface area contributed by atoms with Crippen molar-refractivity contribution in [1.82, 2.24) is 5.32 Å². The number of hydrogen-bond acceptors (Lipinski definition) is 4. The van der Waals surface area contributed by atoms with Gasteiger partial charge < -0.3 is 20.1 Å². The third kappa shape index (κ3) is 3.76. The number of benzene rings is 1. The highest BCUT2D eigenvalue weighted by molar-refractivity contribution is 5.94. The van der Waals surface area contributed by atoms with E-state index in [1.807, 2.05) is 12.1 Å². The summed E-state index contributed by atoms with van der Waals surface area (Å²) < 4.78 is 11.0. The van der Waals surface area contributed by atoms with Gasteiger partial charge in [-0.05, 0) is 43.0 Å². The number of nitrogens with one attached hydrogen (secondary N) is 2. The van der Waals surface area contributed by atoms with Crippen LogP contribution in [0.25, 0.3) is 0 Å². The van der Waals surface area contributed by atoms with E-state index in [0.29, 0.717) is 25.1 Å². The van der Waals surface area contributed by atoms with E-state index in [4.69, 9.17) is 9.47 Å². The Balaban J connectivity index is 1.46. The number of carbonyl (C=O) groups is 2. The van der Waals surface area contributed by atoms with Crippen LogP contribution in [0.15, 0.2) is 18.2 Å². The van der Waals surface area contributed by atoms with Crippen molar-refractivity contribution in [3.05, 3.63) is 23.8 Å². The van der Waals surface area contributed by atoms with Gasteiger partial charge in [-0.1, -0.05) is 0 Å². The number of hydrogen-bond donors (Lipinski definition) is 2. The minimum atomic E-state index is -0.151. The van der Waals surface area contributed by atoms with Crippen LogP contribution in [0.5, 0.6) is 5.75 Å². The maximum atomic E-state index is 11.8. The zero-order valence-corrected chi connectivity index (χ0v) is 12.4. The fraction of sp³-hybridized carbons (Fsp3) is 0.500. The van der Waals surface area contributed by atoms with Crippen LogP contribution in [-0.4, -0.2) is 37.7 Å². The third-order valence-corrected chi connectivity index (χ3v) is 3.89. The summed E-state index contributed by atoms with van der Waals surface area (Å²) in [5.41, 5.74) is 1.86. The molecule has 2 amide bonds. The second kappa shape index (κ2) is 6.79. The lowest BCUT2D eigenvalue weighted by Crippen LogP contribution is -2.35. The molecular formula is C16H20N2O4. The summed E-state index contributed by atoms with van der Waals surface area (Å²) in [7, 11) is 0. The molecule has 2 aliphatic rings. The average Bonchev–Trinajstić information content (AvgIpc) is 3.04. The van der Waals surface area contributed by atoms with Gasteiger partial charge in [-0.3, -0.25) is 9.59 Å². The summed E-state index contributed by atoms with van der Waals surface area (Å²) >= 11 is 0. The Morgan fingerprint density at radius 3 is 3.14 bits per heavy atom. The van der Waals surface area contributed by atoms with Gasteiger partial charge in [-0.15, -0.1) is 0 Å². The van der Waals surface area contributed by atoms with Crippen LogP contribution in [0.2, 0.25) is 0 Å². The van der Waals surface area contributed by atoms with E-state index in [0.717, 1.165) is 30.7 Å². The summed E-state index contributed by atoms with van der Waals surface area (Å²) in [5, 5.41) is 5.63. The molecule has 2 heterocycles. The van der Waals surface area contributed by atoms with E-state index < -0.39 is 0 Å². The number of aryl methyl sites for hydroxylation is 1. The van der Waals surface area contributed by atoms with Crippen molar-refractivity contribution in [2.75, 3.05) is 25.1 Å². The molecule has 1 aromatic rings. The first kappa shape index (κ1) is 14.8. The maximum absolute atomic E-state index is 11.8. The van der Waals surface area contributed by atoms with Gasteiger partial charge in [0.05, 0.1) is 6.10 Å². The molecule has 0 bridgehead atoms. The molecule has 6 heteroatoms. The van der Waals surface area contributed by atoms with Gasteiger partial charge in [0.2, 0.25) is 5.91 Å². The molecule has 1 atom stereocenters. The fourth-order valence-corrected chi connectivity index (χ4v) is 2.68. The zero-order chi connectivity index (χ0) is 15.4. The molecular weight excluding hydrogens is 284 g/mol. The van der Waals surface area contributed by atoms with E-state index in [2.05, 4.69) is 10.6 Å². The molecule has 0 aromatic heterocycles. The third-order valence-electron chi connectivity index (χ3n) is 3.89. The van der Waals surface area contributed by atoms with Gasteiger partial charge in [0.15, 0.2) is 6.61 Å². The number of amides is 2. The molecule has 0 spiro atoms. The minimum Gasteiger partial charge on any atom is -0.484 e. The Hall–Kier alpha value is -2.08. The molecule has 0 radical (unpaired) electrons. The van der Waals surface area contributed by atoms with Gasteiger partial charge in [0.1, 0.15) is 5.75 Å². The van der Waals surface area contributed by atoms with Crippen molar-refractivity contribution in [2.24, 2.45) is 0 Å². The quantitative estimate of drug-likeness (QED) is 0.858. The predicted molar refractivity (Wildman–Crippen MR) is 80.9 cm³/mol. The van der Waals surface area contributed by atoms with Crippen molar-refractivity contribution in [1.29, 1.82) is 0 Å². The molecule has 1 saturated heterocycles. The van der Waals surface area contributed by atoms with Crippen molar-refractivity contribution in [3.63, 3.8) is 0 Å². The van der Waals surface area contributed by atoms with E-state index >= 15 is 0 Å². The molecule has 2 N–H and O–H groups in total. The number of anilines is 1. The number of carbonyl (C=O) groups excluding carboxylic acids is 2. The summed E-state index contributed by atoms with van der Waals surface area (Å²) in [6.07, 6.45) is 3.37. The highest BCUT2D eigenvalue weighted by Crippen LogP contribution is 2.26. The number of ether oxygens (including phenoxy) is 2. The second-order valence-corrected chi connectivity index (χ2v) is 5.59. The van der Waals surface area contributed by atoms with Crippen LogP contribution in [0.3, 0.4) is 0 Å². The highest BCUT2D eigenvalue weighted by Gasteiger charge is 2.17. The van der Waals surface area contributed by atoms with Crippen LogP contribution >= 0.6 is 0 Å². The van der Waals surface area contributed by atoms with Gasteiger partial charge in [0, 0.05) is 25.3 Å². The van der Waals surface area contributed by atoms with E-state index in [9.17, 15) is 9.59 Å². The van der Waals surface area contributed by atoms with Crippen LogP contribution < -0.4 is 15.4 Å². The smallest absolute Gasteiger partial charge is 0.258 e. The molecule has 2 aliphatic heterocycles. The standard InChI is InChI=1S/C16H20N2O4/c19-15-6-3-11-8-12(4-5-14(11)18-15)22-10-16(20)17-9-13-2-1-7-21-13/h4-5,8,13H,1-3,6-7,9-10H2,(H,17,20)(H,18,19)/t13-/m0/s1. The first-order valence-electron chi connectivity index (χ1n) is 7.64. The normalized spacial score (nSPS) is 20.2. The summed E-state index contributed by atoms with van der Waals surface area (Å²) in [4.78, 5) is 23.1. The molecule has 1 fully saturated rings. The number of fused-ring (bicyclic) bond motifs is 1. The van der Waals surface area contributed by atoms with E-state index in [1.54, 1.807) is 6.07 Å². The Morgan fingerprint density at radius 2 is 2.32 bits per heavy atom. The lowest BCUT2D eigenvalue weighted by molar-refractivity contribution is -0.123. The topological polar surface area (TPSA) is 76.7 Å². The summed E-state index contributed by atoms with van der Waals surface area (Å²) in [5.74, 6) is 0.526. The summed E-state index contributed by atoms with van der Waals surface area (Å²) in [6, 6.07) is 5.45. The Kier molecular flexibility index (Phi) is 4.58. The second-order valence-electron chi connectivity index (χ2n) is 5.59. The fourth-order valence-electron chi connectivity index (χ4n) is 2.68. The van der Waals surface area contributed by atoms with Gasteiger partial charge in [-0.2, -0.15) is 0 Å². The van der Waals surface area contributed by atoms with E-state index in [1.165, 1.54) is 0 Å². The molecule has 118 valence electrons. The number of rotatable bonds is 5. The van der Waals surface area contributed by atoms with Crippen LogP contribution in [0.4, 0.5) is 5.69 Å². The Morgan fingerprint density at radius 1 is 1.41 bits per heavy atom. The highest BCUT2D eigenvalue weighted by atomic mass is 16.5. The van der Waals surface area contributed by atoms with Crippen LogP contribution in [-0.2, 0) is 20.7 Å². The predicted octanol–water partition coefficient (Wildman–Crippen LogP) is 1.25. The molecule has 0 unspecified atom stereocenters. The first-order chi connectivity index (χ1) is 10.7. The molecule has 0 aliphatic carbocycles. The Labute approximate surface area is 129 Å². The maximum Gasteiger partial charge on any atom is 0.258 e. The Bertz CT molecular complexity index is 567. The van der Waals surface area contributed by atoms with Crippen molar-refractivity contribution < 1.29 is 19.1 Å². The molecule has 3 rings (SSSR count). The largest absolute Gasteiger partial charge is 0.484 e. The van der Waals surface area contributed by atoms with Crippen molar-refractivity contribution in [3.8, 4) is 5.75 Å². The van der Waals surface area contributed by atoms with Gasteiger partial charge >= 0.3 is 0 Å². The summed E-state index contributed by atoms with van der Waals surface area (Å²) in [6.45, 7) is 1.30. The lowest BCUT2D eigenvalue weighted by atomic mass is 10.0. The molecule has 22 heavy (non-hydrogen) atoms. The lowest BCUT2D eigenvalue weighted by Gasteiger charge is -2.17.